The number of benzene rings is 2. The molecule has 3 aromatic rings. The Hall–Kier alpha value is -2.05. The third-order valence-electron chi connectivity index (χ3n) is 3.56. The van der Waals surface area contributed by atoms with Crippen LogP contribution in [0.1, 0.15) is 25.5 Å². The van der Waals surface area contributed by atoms with Crippen LogP contribution in [0, 0.1) is 0 Å². The summed E-state index contributed by atoms with van der Waals surface area (Å²) in [6.45, 7) is 4.10. The Kier molecular flexibility index (Phi) is 4.04. The number of H-pyrrole nitrogens is 1. The fourth-order valence-electron chi connectivity index (χ4n) is 2.44. The molecular weight excluding hydrogens is 334 g/mol. The third kappa shape index (κ3) is 2.92. The summed E-state index contributed by atoms with van der Waals surface area (Å²) in [6.07, 6.45) is 0. The molecule has 120 valence electrons. The van der Waals surface area contributed by atoms with Gasteiger partial charge in [0.15, 0.2) is 0 Å². The van der Waals surface area contributed by atoms with E-state index in [0.717, 1.165) is 11.1 Å². The van der Waals surface area contributed by atoms with Crippen molar-refractivity contribution < 1.29 is 8.42 Å². The van der Waals surface area contributed by atoms with E-state index >= 15 is 0 Å². The van der Waals surface area contributed by atoms with Crippen LogP contribution < -0.4 is 4.72 Å². The highest BCUT2D eigenvalue weighted by Gasteiger charge is 2.20. The lowest BCUT2D eigenvalue weighted by Crippen LogP contribution is -2.13. The molecule has 5 nitrogen and oxygen atoms in total. The molecule has 0 spiro atoms. The molecule has 0 fully saturated rings. The van der Waals surface area contributed by atoms with Crippen LogP contribution in [0.4, 0.5) is 5.69 Å². The molecule has 1 heterocycles. The van der Waals surface area contributed by atoms with Gasteiger partial charge in [-0.15, -0.1) is 0 Å². The molecular formula is C16H16ClN3O2S. The number of aromatic nitrogens is 2. The number of sulfonamides is 1. The molecule has 0 unspecified atom stereocenters. The molecule has 0 aliphatic heterocycles. The quantitative estimate of drug-likeness (QED) is 0.743. The van der Waals surface area contributed by atoms with E-state index in [1.165, 1.54) is 6.07 Å². The summed E-state index contributed by atoms with van der Waals surface area (Å²) in [5, 5.41) is 8.31. The molecule has 1 aromatic heterocycles. The average Bonchev–Trinajstić information content (AvgIpc) is 2.92. The minimum atomic E-state index is -3.78. The normalized spacial score (nSPS) is 12.0. The molecule has 0 aliphatic carbocycles. The van der Waals surface area contributed by atoms with Crippen LogP contribution in [0.25, 0.3) is 10.9 Å². The van der Waals surface area contributed by atoms with E-state index in [4.69, 9.17) is 11.6 Å². The van der Waals surface area contributed by atoms with Gasteiger partial charge in [-0.2, -0.15) is 5.10 Å². The largest absolute Gasteiger partial charge is 0.281 e. The molecule has 0 atom stereocenters. The average molecular weight is 350 g/mol. The fraction of sp³-hybridized carbons (Fsp3) is 0.188. The highest BCUT2D eigenvalue weighted by molar-refractivity contribution is 7.92. The zero-order valence-corrected chi connectivity index (χ0v) is 14.2. The zero-order valence-electron chi connectivity index (χ0n) is 12.7. The SMILES string of the molecule is CC(C)c1[nH]nc2c(NS(=O)(=O)c3ccccc3Cl)cccc12. The number of rotatable bonds is 4. The van der Waals surface area contributed by atoms with Gasteiger partial charge in [0.1, 0.15) is 10.4 Å². The number of hydrogen-bond acceptors (Lipinski definition) is 3. The van der Waals surface area contributed by atoms with E-state index in [-0.39, 0.29) is 15.8 Å². The number of anilines is 1. The van der Waals surface area contributed by atoms with Gasteiger partial charge in [0.2, 0.25) is 0 Å². The van der Waals surface area contributed by atoms with Gasteiger partial charge in [-0.05, 0) is 24.1 Å². The number of para-hydroxylation sites is 1. The highest BCUT2D eigenvalue weighted by Crippen LogP contribution is 2.30. The van der Waals surface area contributed by atoms with Crippen LogP contribution in [0.3, 0.4) is 0 Å². The first-order chi connectivity index (χ1) is 10.9. The molecule has 7 heteroatoms. The minimum absolute atomic E-state index is 0.0401. The van der Waals surface area contributed by atoms with Crippen LogP contribution in [-0.4, -0.2) is 18.6 Å². The Labute approximate surface area is 139 Å². The van der Waals surface area contributed by atoms with Crippen molar-refractivity contribution >= 4 is 38.2 Å². The Morgan fingerprint density at radius 2 is 1.87 bits per heavy atom. The fourth-order valence-corrected chi connectivity index (χ4v) is 4.03. The predicted octanol–water partition coefficient (Wildman–Crippen LogP) is 4.14. The smallest absolute Gasteiger partial charge is 0.263 e. The number of aromatic amines is 1. The van der Waals surface area contributed by atoms with Crippen molar-refractivity contribution in [1.82, 2.24) is 10.2 Å². The zero-order chi connectivity index (χ0) is 16.6. The van der Waals surface area contributed by atoms with Crippen LogP contribution in [-0.2, 0) is 10.0 Å². The second-order valence-electron chi connectivity index (χ2n) is 5.53. The van der Waals surface area contributed by atoms with Crippen molar-refractivity contribution in [3.63, 3.8) is 0 Å². The number of fused-ring (bicyclic) bond motifs is 1. The Balaban J connectivity index is 2.07. The number of halogens is 1. The maximum Gasteiger partial charge on any atom is 0.263 e. The summed E-state index contributed by atoms with van der Waals surface area (Å²) in [6, 6.07) is 11.7. The lowest BCUT2D eigenvalue weighted by molar-refractivity contribution is 0.601. The van der Waals surface area contributed by atoms with Crippen LogP contribution >= 0.6 is 11.6 Å². The summed E-state index contributed by atoms with van der Waals surface area (Å²) < 4.78 is 27.7. The minimum Gasteiger partial charge on any atom is -0.281 e. The van der Waals surface area contributed by atoms with Gasteiger partial charge in [-0.1, -0.05) is 49.7 Å². The number of nitrogens with one attached hydrogen (secondary N) is 2. The van der Waals surface area contributed by atoms with Crippen LogP contribution in [0.5, 0.6) is 0 Å². The van der Waals surface area contributed by atoms with E-state index in [1.807, 2.05) is 19.9 Å². The molecule has 2 N–H and O–H groups in total. The maximum absolute atomic E-state index is 12.6. The van der Waals surface area contributed by atoms with Gasteiger partial charge >= 0.3 is 0 Å². The van der Waals surface area contributed by atoms with Gasteiger partial charge < -0.3 is 0 Å². The molecule has 0 amide bonds. The summed E-state index contributed by atoms with van der Waals surface area (Å²) in [5.41, 5.74) is 1.98. The monoisotopic (exact) mass is 349 g/mol. The first kappa shape index (κ1) is 15.8. The van der Waals surface area contributed by atoms with Crippen LogP contribution in [0.15, 0.2) is 47.4 Å². The standard InChI is InChI=1S/C16H16ClN3O2S/c1-10(2)15-11-6-5-8-13(16(11)19-18-15)20-23(21,22)14-9-4-3-7-12(14)17/h3-10,20H,1-2H3,(H,18,19). The lowest BCUT2D eigenvalue weighted by atomic mass is 10.1. The summed E-state index contributed by atoms with van der Waals surface area (Å²) in [5.74, 6) is 0.260. The van der Waals surface area contributed by atoms with E-state index in [0.29, 0.717) is 11.2 Å². The Bertz CT molecular complexity index is 964. The van der Waals surface area contributed by atoms with Crippen molar-refractivity contribution in [1.29, 1.82) is 0 Å². The summed E-state index contributed by atoms with van der Waals surface area (Å²) >= 11 is 6.00. The van der Waals surface area contributed by atoms with Crippen molar-refractivity contribution in [2.45, 2.75) is 24.7 Å². The van der Waals surface area contributed by atoms with Crippen molar-refractivity contribution in [2.75, 3.05) is 4.72 Å². The van der Waals surface area contributed by atoms with Crippen molar-refractivity contribution in [3.8, 4) is 0 Å². The van der Waals surface area contributed by atoms with E-state index in [1.54, 1.807) is 30.3 Å². The van der Waals surface area contributed by atoms with Gasteiger partial charge in [0.05, 0.1) is 10.7 Å². The molecule has 3 rings (SSSR count). The highest BCUT2D eigenvalue weighted by atomic mass is 35.5. The second-order valence-corrected chi connectivity index (χ2v) is 7.59. The van der Waals surface area contributed by atoms with Crippen molar-refractivity contribution in [2.24, 2.45) is 0 Å². The Morgan fingerprint density at radius 1 is 1.13 bits per heavy atom. The Morgan fingerprint density at radius 3 is 2.57 bits per heavy atom. The van der Waals surface area contributed by atoms with Gasteiger partial charge in [-0.25, -0.2) is 8.42 Å². The molecule has 23 heavy (non-hydrogen) atoms. The van der Waals surface area contributed by atoms with E-state index < -0.39 is 10.0 Å². The molecule has 0 saturated heterocycles. The van der Waals surface area contributed by atoms with Gasteiger partial charge in [0, 0.05) is 11.1 Å². The first-order valence-electron chi connectivity index (χ1n) is 7.14. The summed E-state index contributed by atoms with van der Waals surface area (Å²) in [4.78, 5) is 0.0401. The molecule has 0 aliphatic rings. The lowest BCUT2D eigenvalue weighted by Gasteiger charge is -2.10. The second kappa shape index (κ2) is 5.86. The first-order valence-corrected chi connectivity index (χ1v) is 9.00. The van der Waals surface area contributed by atoms with Gasteiger partial charge in [0.25, 0.3) is 10.0 Å². The number of nitrogens with zero attached hydrogens (tertiary/aromatic N) is 1. The van der Waals surface area contributed by atoms with E-state index in [2.05, 4.69) is 14.9 Å². The molecule has 0 bridgehead atoms. The topological polar surface area (TPSA) is 74.8 Å². The molecule has 0 radical (unpaired) electrons. The van der Waals surface area contributed by atoms with E-state index in [9.17, 15) is 8.42 Å². The molecule has 2 aromatic carbocycles. The maximum atomic E-state index is 12.6. The van der Waals surface area contributed by atoms with Crippen molar-refractivity contribution in [3.05, 3.63) is 53.2 Å². The van der Waals surface area contributed by atoms with Crippen LogP contribution in [0.2, 0.25) is 5.02 Å². The third-order valence-corrected chi connectivity index (χ3v) is 5.43. The predicted molar refractivity (Wildman–Crippen MR) is 92.4 cm³/mol. The summed E-state index contributed by atoms with van der Waals surface area (Å²) in [7, 11) is -3.78. The molecule has 0 saturated carbocycles. The van der Waals surface area contributed by atoms with Gasteiger partial charge in [-0.3, -0.25) is 9.82 Å². The number of hydrogen-bond donors (Lipinski definition) is 2.